The summed E-state index contributed by atoms with van der Waals surface area (Å²) < 4.78 is 11.8. The van der Waals surface area contributed by atoms with E-state index in [4.69, 9.17) is 15.2 Å². The van der Waals surface area contributed by atoms with Crippen molar-refractivity contribution in [2.45, 2.75) is 37.9 Å². The minimum absolute atomic E-state index is 0.129. The molecule has 1 saturated heterocycles. The molecule has 0 aliphatic carbocycles. The van der Waals surface area contributed by atoms with Crippen molar-refractivity contribution in [2.24, 2.45) is 0 Å². The third kappa shape index (κ3) is 3.22. The first kappa shape index (κ1) is 19.1. The number of nitrogen functional groups attached to an aromatic ring is 1. The van der Waals surface area contributed by atoms with Crippen molar-refractivity contribution in [3.05, 3.63) is 18.1 Å². The first-order valence-corrected chi connectivity index (χ1v) is 8.27. The summed E-state index contributed by atoms with van der Waals surface area (Å²) in [6.07, 6.45) is -0.637. The highest BCUT2D eigenvalue weighted by Gasteiger charge is 2.53. The fraction of sp³-hybridized carbons (Fsp3) is 0.471. The first-order chi connectivity index (χ1) is 12.8. The van der Waals surface area contributed by atoms with Crippen molar-refractivity contribution in [3.63, 3.8) is 0 Å². The van der Waals surface area contributed by atoms with E-state index in [0.29, 0.717) is 16.6 Å². The summed E-state index contributed by atoms with van der Waals surface area (Å²) in [6.45, 7) is 2.78. The van der Waals surface area contributed by atoms with E-state index in [0.717, 1.165) is 0 Å². The van der Waals surface area contributed by atoms with E-state index in [2.05, 4.69) is 21.8 Å². The van der Waals surface area contributed by atoms with Gasteiger partial charge < -0.3 is 35.1 Å². The van der Waals surface area contributed by atoms with Crippen molar-refractivity contribution >= 4 is 22.8 Å². The zero-order valence-electron chi connectivity index (χ0n) is 14.8. The average Bonchev–Trinajstić information content (AvgIpc) is 3.10. The Balaban J connectivity index is 2.13. The number of rotatable bonds is 3. The fourth-order valence-corrected chi connectivity index (χ4v) is 3.06. The molecule has 10 nitrogen and oxygen atoms in total. The van der Waals surface area contributed by atoms with Crippen LogP contribution in [0.25, 0.3) is 11.0 Å². The van der Waals surface area contributed by atoms with Gasteiger partial charge in [0.2, 0.25) is 0 Å². The molecule has 0 aromatic carbocycles. The third-order valence-corrected chi connectivity index (χ3v) is 4.40. The Labute approximate surface area is 154 Å². The van der Waals surface area contributed by atoms with Crippen molar-refractivity contribution < 1.29 is 29.6 Å². The third-order valence-electron chi connectivity index (χ3n) is 4.40. The molecular formula is C17H20N4O6. The molecule has 27 heavy (non-hydrogen) atoms. The molecule has 1 fully saturated rings. The number of aliphatic hydroxyl groups excluding tert-OH is 2. The molecule has 1 aliphatic heterocycles. The van der Waals surface area contributed by atoms with Gasteiger partial charge in [0.05, 0.1) is 24.2 Å². The molecule has 0 saturated carbocycles. The van der Waals surface area contributed by atoms with Gasteiger partial charge in [0.15, 0.2) is 6.23 Å². The maximum atomic E-state index is 11.5. The fourth-order valence-electron chi connectivity index (χ4n) is 3.06. The summed E-state index contributed by atoms with van der Waals surface area (Å²) in [6, 6.07) is 0. The zero-order valence-corrected chi connectivity index (χ0v) is 14.8. The Morgan fingerprint density at radius 2 is 2.26 bits per heavy atom. The summed E-state index contributed by atoms with van der Waals surface area (Å²) >= 11 is 0. The molecule has 0 amide bonds. The number of aliphatic hydroxyl groups is 3. The van der Waals surface area contributed by atoms with Crippen LogP contribution in [0, 0.1) is 11.8 Å². The monoisotopic (exact) mass is 376 g/mol. The van der Waals surface area contributed by atoms with Gasteiger partial charge in [-0.2, -0.15) is 0 Å². The van der Waals surface area contributed by atoms with Crippen LogP contribution < -0.4 is 5.73 Å². The number of hydrogen-bond acceptors (Lipinski definition) is 9. The number of aromatic nitrogens is 3. The van der Waals surface area contributed by atoms with E-state index in [-0.39, 0.29) is 12.4 Å². The minimum atomic E-state index is -1.72. The molecule has 0 radical (unpaired) electrons. The molecule has 10 heteroatoms. The zero-order chi connectivity index (χ0) is 19.8. The SMILES string of the molecule is CCOC(=O)C#Cc1cn(C2O[C@H](CO)[C@@H](O)[C@@]2(C)O)c2ncnc(N)c12. The number of nitrogens with zero attached hydrogens (tertiary/aromatic N) is 3. The number of carbonyl (C=O) groups excluding carboxylic acids is 1. The molecule has 1 aliphatic rings. The van der Waals surface area contributed by atoms with E-state index < -0.39 is 36.6 Å². The van der Waals surface area contributed by atoms with E-state index >= 15 is 0 Å². The summed E-state index contributed by atoms with van der Waals surface area (Å²) in [7, 11) is 0. The number of hydrogen-bond donors (Lipinski definition) is 4. The molecule has 5 N–H and O–H groups in total. The van der Waals surface area contributed by atoms with E-state index in [1.807, 2.05) is 0 Å². The molecule has 3 heterocycles. The quantitative estimate of drug-likeness (QED) is 0.387. The number of anilines is 1. The van der Waals surface area contributed by atoms with Gasteiger partial charge in [-0.1, -0.05) is 5.92 Å². The second kappa shape index (κ2) is 7.13. The number of fused-ring (bicyclic) bond motifs is 1. The van der Waals surface area contributed by atoms with Crippen LogP contribution in [0.2, 0.25) is 0 Å². The maximum Gasteiger partial charge on any atom is 0.384 e. The Bertz CT molecular complexity index is 929. The second-order valence-corrected chi connectivity index (χ2v) is 6.26. The Kier molecular flexibility index (Phi) is 5.03. The lowest BCUT2D eigenvalue weighted by molar-refractivity contribution is -0.136. The van der Waals surface area contributed by atoms with Gasteiger partial charge in [-0.3, -0.25) is 0 Å². The normalized spacial score (nSPS) is 27.4. The lowest BCUT2D eigenvalue weighted by Crippen LogP contribution is -2.44. The Morgan fingerprint density at radius 1 is 1.52 bits per heavy atom. The highest BCUT2D eigenvalue weighted by atomic mass is 16.6. The molecule has 3 rings (SSSR count). The molecule has 2 aromatic heterocycles. The molecular weight excluding hydrogens is 356 g/mol. The van der Waals surface area contributed by atoms with Crippen molar-refractivity contribution in [2.75, 3.05) is 18.9 Å². The molecule has 144 valence electrons. The minimum Gasteiger partial charge on any atom is -0.456 e. The van der Waals surface area contributed by atoms with Crippen LogP contribution in [0.1, 0.15) is 25.6 Å². The van der Waals surface area contributed by atoms with Crippen LogP contribution in [-0.2, 0) is 14.3 Å². The van der Waals surface area contributed by atoms with Gasteiger partial charge in [0.25, 0.3) is 0 Å². The number of nitrogens with two attached hydrogens (primary N) is 1. The molecule has 4 atom stereocenters. The van der Waals surface area contributed by atoms with Crippen LogP contribution >= 0.6 is 0 Å². The van der Waals surface area contributed by atoms with Gasteiger partial charge in [0, 0.05) is 12.1 Å². The van der Waals surface area contributed by atoms with Gasteiger partial charge in [-0.25, -0.2) is 14.8 Å². The highest BCUT2D eigenvalue weighted by Crippen LogP contribution is 2.40. The highest BCUT2D eigenvalue weighted by molar-refractivity contribution is 5.95. The van der Waals surface area contributed by atoms with Crippen LogP contribution in [0.5, 0.6) is 0 Å². The van der Waals surface area contributed by atoms with Crippen molar-refractivity contribution in [3.8, 4) is 11.8 Å². The van der Waals surface area contributed by atoms with Crippen LogP contribution in [0.4, 0.5) is 5.82 Å². The topological polar surface area (TPSA) is 153 Å². The summed E-state index contributed by atoms with van der Waals surface area (Å²) in [4.78, 5) is 19.6. The summed E-state index contributed by atoms with van der Waals surface area (Å²) in [5.74, 6) is 4.44. The summed E-state index contributed by atoms with van der Waals surface area (Å²) in [5.41, 5.74) is 4.85. The Morgan fingerprint density at radius 3 is 2.89 bits per heavy atom. The van der Waals surface area contributed by atoms with Crippen molar-refractivity contribution in [1.82, 2.24) is 14.5 Å². The smallest absolute Gasteiger partial charge is 0.384 e. The lowest BCUT2D eigenvalue weighted by Gasteiger charge is -2.27. The molecule has 2 aromatic rings. The number of esters is 1. The maximum absolute atomic E-state index is 11.5. The van der Waals surface area contributed by atoms with Crippen LogP contribution in [0.15, 0.2) is 12.5 Å². The lowest BCUT2D eigenvalue weighted by atomic mass is 9.96. The predicted molar refractivity (Wildman–Crippen MR) is 93.1 cm³/mol. The largest absolute Gasteiger partial charge is 0.456 e. The first-order valence-electron chi connectivity index (χ1n) is 8.27. The second-order valence-electron chi connectivity index (χ2n) is 6.26. The predicted octanol–water partition coefficient (Wildman–Crippen LogP) is -1.07. The molecule has 1 unspecified atom stereocenters. The van der Waals surface area contributed by atoms with Crippen LogP contribution in [0.3, 0.4) is 0 Å². The number of ether oxygens (including phenoxy) is 2. The van der Waals surface area contributed by atoms with E-state index in [1.165, 1.54) is 24.0 Å². The van der Waals surface area contributed by atoms with E-state index in [1.54, 1.807) is 6.92 Å². The summed E-state index contributed by atoms with van der Waals surface area (Å²) in [5, 5.41) is 30.7. The molecule has 0 bridgehead atoms. The van der Waals surface area contributed by atoms with Gasteiger partial charge in [0.1, 0.15) is 35.6 Å². The van der Waals surface area contributed by atoms with E-state index in [9.17, 15) is 20.1 Å². The standard InChI is InChI=1S/C17H20N4O6/c1-3-26-11(23)5-4-9-6-21(15-12(9)14(18)19-8-20-15)16-17(2,25)13(24)10(7-22)27-16/h6,8,10,13,16,22,24-25H,3,7H2,1-2H3,(H2,18,19,20)/t10-,13-,16?,17-/m1/s1. The van der Waals surface area contributed by atoms with Gasteiger partial charge in [-0.05, 0) is 13.8 Å². The Hall–Kier alpha value is -2.71. The number of carbonyl (C=O) groups is 1. The van der Waals surface area contributed by atoms with Gasteiger partial charge >= 0.3 is 5.97 Å². The van der Waals surface area contributed by atoms with Gasteiger partial charge in [-0.15, -0.1) is 0 Å². The van der Waals surface area contributed by atoms with Crippen molar-refractivity contribution in [1.29, 1.82) is 0 Å². The van der Waals surface area contributed by atoms with Crippen LogP contribution in [-0.4, -0.2) is 66.8 Å². The molecule has 0 spiro atoms. The average molecular weight is 376 g/mol.